The Morgan fingerprint density at radius 1 is 1.42 bits per heavy atom. The van der Waals surface area contributed by atoms with Gasteiger partial charge < -0.3 is 20.7 Å². The maximum absolute atomic E-state index is 12.4. The fourth-order valence-corrected chi connectivity index (χ4v) is 3.28. The van der Waals surface area contributed by atoms with Crippen LogP contribution in [0.15, 0.2) is 11.3 Å². The molecule has 98 valence electrons. The second-order valence-electron chi connectivity index (χ2n) is 5.30. The van der Waals surface area contributed by atoms with Crippen LogP contribution in [0.25, 0.3) is 0 Å². The lowest BCUT2D eigenvalue weighted by Crippen LogP contribution is -2.27. The van der Waals surface area contributed by atoms with Crippen LogP contribution < -0.4 is 11.1 Å². The third kappa shape index (κ3) is 1.09. The average Bonchev–Trinajstić information content (AvgIpc) is 2.94. The largest absolute Gasteiger partial charge is 0.395 e. The van der Waals surface area contributed by atoms with Crippen LogP contribution in [0, 0.1) is 0 Å². The van der Waals surface area contributed by atoms with E-state index < -0.39 is 0 Å². The van der Waals surface area contributed by atoms with Crippen molar-refractivity contribution in [2.75, 3.05) is 0 Å². The van der Waals surface area contributed by atoms with Gasteiger partial charge in [0.25, 0.3) is 0 Å². The molecule has 19 heavy (non-hydrogen) atoms. The third-order valence-corrected chi connectivity index (χ3v) is 4.36. The van der Waals surface area contributed by atoms with Gasteiger partial charge in [0.05, 0.1) is 23.9 Å². The maximum atomic E-state index is 12.4. The van der Waals surface area contributed by atoms with Crippen LogP contribution in [0.5, 0.6) is 0 Å². The SMILES string of the molecule is CC1=C(N)C(=O)c2c(CO)c3n(c2C1=O)C[C@@H]1N[C@H]31. The molecule has 6 nitrogen and oxygen atoms in total. The van der Waals surface area contributed by atoms with Crippen LogP contribution >= 0.6 is 0 Å². The van der Waals surface area contributed by atoms with Gasteiger partial charge >= 0.3 is 0 Å². The molecule has 0 spiro atoms. The molecule has 6 heteroatoms. The lowest BCUT2D eigenvalue weighted by molar-refractivity contribution is 0.0966. The molecule has 4 N–H and O–H groups in total. The highest BCUT2D eigenvalue weighted by Crippen LogP contribution is 2.45. The van der Waals surface area contributed by atoms with Gasteiger partial charge in [0.2, 0.25) is 11.6 Å². The Morgan fingerprint density at radius 2 is 2.16 bits per heavy atom. The fraction of sp³-hybridized carbons (Fsp3) is 0.385. The molecule has 4 rings (SSSR count). The first-order chi connectivity index (χ1) is 9.06. The number of hydrogen-bond donors (Lipinski definition) is 3. The van der Waals surface area contributed by atoms with Gasteiger partial charge in [-0.25, -0.2) is 0 Å². The number of aliphatic hydroxyl groups is 1. The van der Waals surface area contributed by atoms with Crippen molar-refractivity contribution in [1.82, 2.24) is 9.88 Å². The maximum Gasteiger partial charge on any atom is 0.211 e. The summed E-state index contributed by atoms with van der Waals surface area (Å²) in [6, 6.07) is 0.493. The molecule has 1 aromatic rings. The monoisotopic (exact) mass is 259 g/mol. The van der Waals surface area contributed by atoms with Crippen LogP contribution in [0.1, 0.15) is 45.1 Å². The van der Waals surface area contributed by atoms with Crippen molar-refractivity contribution in [3.8, 4) is 0 Å². The number of nitrogens with two attached hydrogens (primary N) is 1. The van der Waals surface area contributed by atoms with Crippen LogP contribution in [-0.2, 0) is 13.2 Å². The zero-order chi connectivity index (χ0) is 13.5. The van der Waals surface area contributed by atoms with E-state index in [0.717, 1.165) is 5.69 Å². The first-order valence-corrected chi connectivity index (χ1v) is 6.24. The van der Waals surface area contributed by atoms with Crippen LogP contribution in [0.4, 0.5) is 0 Å². The Kier molecular flexibility index (Phi) is 1.81. The highest BCUT2D eigenvalue weighted by molar-refractivity contribution is 6.26. The molecule has 0 saturated carbocycles. The molecular weight excluding hydrogens is 246 g/mol. The van der Waals surface area contributed by atoms with Crippen LogP contribution in [0.3, 0.4) is 0 Å². The standard InChI is InChI=1S/C13H13N3O3/c1-4-8(14)13(19)7-5(3-17)10-9-6(15-9)2-16(10)11(7)12(4)18/h6,9,15,17H,2-3,14H2,1H3/t6-,9-/m0/s1. The Bertz CT molecular complexity index is 673. The van der Waals surface area contributed by atoms with Gasteiger partial charge in [-0.15, -0.1) is 0 Å². The van der Waals surface area contributed by atoms with Crippen molar-refractivity contribution in [3.63, 3.8) is 0 Å². The summed E-state index contributed by atoms with van der Waals surface area (Å²) in [5.74, 6) is -0.537. The molecule has 0 aromatic carbocycles. The van der Waals surface area contributed by atoms with E-state index in [4.69, 9.17) is 5.73 Å². The van der Waals surface area contributed by atoms with E-state index in [2.05, 4.69) is 5.32 Å². The number of rotatable bonds is 1. The highest BCUT2D eigenvalue weighted by atomic mass is 16.3. The van der Waals surface area contributed by atoms with Gasteiger partial charge in [0.1, 0.15) is 5.69 Å². The number of nitrogens with one attached hydrogen (secondary N) is 1. The Morgan fingerprint density at radius 3 is 2.84 bits per heavy atom. The minimum Gasteiger partial charge on any atom is -0.395 e. The predicted octanol–water partition coefficient (Wildman–Crippen LogP) is -0.381. The van der Waals surface area contributed by atoms with Crippen molar-refractivity contribution in [2.45, 2.75) is 32.2 Å². The Hall–Kier alpha value is -1.92. The summed E-state index contributed by atoms with van der Waals surface area (Å²) >= 11 is 0. The molecule has 2 aliphatic heterocycles. The second-order valence-corrected chi connectivity index (χ2v) is 5.30. The highest BCUT2D eigenvalue weighted by Gasteiger charge is 2.51. The van der Waals surface area contributed by atoms with Gasteiger partial charge in [0, 0.05) is 29.4 Å². The van der Waals surface area contributed by atoms with Crippen LogP contribution in [0.2, 0.25) is 0 Å². The van der Waals surface area contributed by atoms with Crippen molar-refractivity contribution < 1.29 is 14.7 Å². The molecule has 3 heterocycles. The summed E-state index contributed by atoms with van der Waals surface area (Å²) in [7, 11) is 0. The molecule has 1 fully saturated rings. The van der Waals surface area contributed by atoms with Gasteiger partial charge in [0.15, 0.2) is 0 Å². The number of aromatic nitrogens is 1. The zero-order valence-corrected chi connectivity index (χ0v) is 10.4. The van der Waals surface area contributed by atoms with Crippen molar-refractivity contribution >= 4 is 11.6 Å². The van der Waals surface area contributed by atoms with Crippen molar-refractivity contribution in [3.05, 3.63) is 33.8 Å². The van der Waals surface area contributed by atoms with Gasteiger partial charge in [-0.2, -0.15) is 0 Å². The summed E-state index contributed by atoms with van der Waals surface area (Å²) < 4.78 is 1.88. The predicted molar refractivity (Wildman–Crippen MR) is 65.6 cm³/mol. The first-order valence-electron chi connectivity index (χ1n) is 6.24. The normalized spacial score (nSPS) is 27.5. The fourth-order valence-electron chi connectivity index (χ4n) is 3.28. The lowest BCUT2D eigenvalue weighted by atomic mass is 9.90. The number of carbonyl (C=O) groups is 2. The number of ketones is 2. The first kappa shape index (κ1) is 11.0. The van der Waals surface area contributed by atoms with E-state index in [0.29, 0.717) is 35.0 Å². The quantitative estimate of drug-likeness (QED) is 0.596. The van der Waals surface area contributed by atoms with E-state index in [1.54, 1.807) is 6.92 Å². The van der Waals surface area contributed by atoms with Gasteiger partial charge in [-0.3, -0.25) is 9.59 Å². The van der Waals surface area contributed by atoms with E-state index >= 15 is 0 Å². The van der Waals surface area contributed by atoms with E-state index in [9.17, 15) is 14.7 Å². The molecule has 1 aliphatic carbocycles. The molecule has 0 unspecified atom stereocenters. The number of hydrogen-bond acceptors (Lipinski definition) is 5. The number of allylic oxidation sites excluding steroid dienone is 2. The zero-order valence-electron chi connectivity index (χ0n) is 10.4. The summed E-state index contributed by atoms with van der Waals surface area (Å²) in [5.41, 5.74) is 8.16. The number of nitrogens with zero attached hydrogens (tertiary/aromatic N) is 1. The Labute approximate surface area is 108 Å². The van der Waals surface area contributed by atoms with E-state index in [-0.39, 0.29) is 29.9 Å². The minimum atomic E-state index is -0.338. The summed E-state index contributed by atoms with van der Waals surface area (Å²) in [6.07, 6.45) is 0. The van der Waals surface area contributed by atoms with Gasteiger partial charge in [-0.1, -0.05) is 0 Å². The van der Waals surface area contributed by atoms with E-state index in [1.807, 2.05) is 4.57 Å². The van der Waals surface area contributed by atoms with Crippen molar-refractivity contribution in [2.24, 2.45) is 5.73 Å². The summed E-state index contributed by atoms with van der Waals surface area (Å²) in [6.45, 7) is 2.00. The molecule has 0 amide bonds. The average molecular weight is 259 g/mol. The number of fused-ring (bicyclic) bond motifs is 5. The smallest absolute Gasteiger partial charge is 0.211 e. The molecular formula is C13H13N3O3. The molecule has 0 bridgehead atoms. The summed E-state index contributed by atoms with van der Waals surface area (Å²) in [5, 5.41) is 12.8. The minimum absolute atomic E-state index is 0.00298. The molecule has 0 radical (unpaired) electrons. The molecule has 3 aliphatic rings. The molecule has 2 atom stereocenters. The van der Waals surface area contributed by atoms with Gasteiger partial charge in [-0.05, 0) is 6.92 Å². The molecule has 1 aromatic heterocycles. The second kappa shape index (κ2) is 3.15. The summed E-state index contributed by atoms with van der Waals surface area (Å²) in [4.78, 5) is 24.7. The topological polar surface area (TPSA) is 107 Å². The van der Waals surface area contributed by atoms with Crippen LogP contribution in [-0.4, -0.2) is 27.3 Å². The third-order valence-electron chi connectivity index (χ3n) is 4.36. The molecule has 1 saturated heterocycles. The van der Waals surface area contributed by atoms with E-state index in [1.165, 1.54) is 0 Å². The lowest BCUT2D eigenvalue weighted by Gasteiger charge is -2.16. The number of aliphatic hydroxyl groups excluding tert-OH is 1. The van der Waals surface area contributed by atoms with Crippen molar-refractivity contribution in [1.29, 1.82) is 0 Å². The number of Topliss-reactive ketones (excluding diaryl/α,β-unsaturated/α-hetero) is 2. The Balaban J connectivity index is 2.05. The number of carbonyl (C=O) groups excluding carboxylic acids is 2.